The van der Waals surface area contributed by atoms with Crippen molar-refractivity contribution in [1.29, 1.82) is 5.26 Å². The second-order valence-corrected chi connectivity index (χ2v) is 9.98. The van der Waals surface area contributed by atoms with Crippen LogP contribution in [-0.4, -0.2) is 30.2 Å². The smallest absolute Gasteiger partial charge is 0.185 e. The minimum atomic E-state index is -0.656. The van der Waals surface area contributed by atoms with E-state index in [1.807, 2.05) is 0 Å². The molecular weight excluding hydrogens is 326 g/mol. The van der Waals surface area contributed by atoms with E-state index in [4.69, 9.17) is 9.47 Å². The zero-order chi connectivity index (χ0) is 18.2. The standard InChI is InChI=1S/C22H31NO3/c1-20-7-5-15(24)11-14(20)3-4-16-17(20)6-8-21(2)18(16)12-22(19(21)13-23)25-9-10-26-22/h3,15-19,24H,4-12H2,1-2H3/t15-,16?,17?,18?,19?,20-,21-/m0/s1. The van der Waals surface area contributed by atoms with E-state index in [9.17, 15) is 10.4 Å². The van der Waals surface area contributed by atoms with E-state index >= 15 is 0 Å². The van der Waals surface area contributed by atoms with Gasteiger partial charge in [-0.1, -0.05) is 25.5 Å². The van der Waals surface area contributed by atoms with Gasteiger partial charge in [-0.05, 0) is 67.1 Å². The molecular formula is C22H31NO3. The second-order valence-electron chi connectivity index (χ2n) is 9.98. The third-order valence-corrected chi connectivity index (χ3v) is 9.02. The average Bonchev–Trinajstić information content (AvgIpc) is 3.17. The van der Waals surface area contributed by atoms with Crippen LogP contribution in [0.25, 0.3) is 0 Å². The van der Waals surface area contributed by atoms with Gasteiger partial charge >= 0.3 is 0 Å². The van der Waals surface area contributed by atoms with Crippen molar-refractivity contribution < 1.29 is 14.6 Å². The Labute approximate surface area is 156 Å². The molecule has 1 N–H and O–H groups in total. The second kappa shape index (κ2) is 5.56. The number of fused-ring (bicyclic) bond motifs is 5. The molecule has 4 nitrogen and oxygen atoms in total. The molecule has 7 atom stereocenters. The largest absolute Gasteiger partial charge is 0.393 e. The molecule has 0 radical (unpaired) electrons. The van der Waals surface area contributed by atoms with Crippen LogP contribution in [-0.2, 0) is 9.47 Å². The lowest BCUT2D eigenvalue weighted by molar-refractivity contribution is -0.178. The third kappa shape index (κ3) is 2.06. The lowest BCUT2D eigenvalue weighted by Crippen LogP contribution is -2.50. The molecule has 1 heterocycles. The van der Waals surface area contributed by atoms with Crippen LogP contribution in [0.1, 0.15) is 58.8 Å². The average molecular weight is 357 g/mol. The summed E-state index contributed by atoms with van der Waals surface area (Å²) < 4.78 is 12.2. The van der Waals surface area contributed by atoms with Crippen LogP contribution < -0.4 is 0 Å². The molecule has 4 fully saturated rings. The fourth-order valence-electron chi connectivity index (χ4n) is 7.66. The zero-order valence-electron chi connectivity index (χ0n) is 16.0. The van der Waals surface area contributed by atoms with E-state index in [0.717, 1.165) is 38.5 Å². The number of hydrogen-bond acceptors (Lipinski definition) is 4. The number of hydrogen-bond donors (Lipinski definition) is 1. The van der Waals surface area contributed by atoms with Gasteiger partial charge in [-0.15, -0.1) is 0 Å². The van der Waals surface area contributed by atoms with Gasteiger partial charge < -0.3 is 14.6 Å². The van der Waals surface area contributed by atoms with Crippen LogP contribution >= 0.6 is 0 Å². The van der Waals surface area contributed by atoms with Crippen LogP contribution in [0, 0.1) is 45.8 Å². The Kier molecular flexibility index (Phi) is 3.69. The van der Waals surface area contributed by atoms with E-state index in [2.05, 4.69) is 26.0 Å². The van der Waals surface area contributed by atoms with Gasteiger partial charge in [0.15, 0.2) is 5.79 Å². The van der Waals surface area contributed by atoms with Crippen LogP contribution in [0.3, 0.4) is 0 Å². The summed E-state index contributed by atoms with van der Waals surface area (Å²) in [6.07, 6.45) is 9.43. The fourth-order valence-corrected chi connectivity index (χ4v) is 7.66. The molecule has 0 bridgehead atoms. The normalized spacial score (nSPS) is 51.9. The molecule has 4 unspecified atom stereocenters. The summed E-state index contributed by atoms with van der Waals surface area (Å²) in [5, 5.41) is 20.2. The zero-order valence-corrected chi connectivity index (χ0v) is 16.0. The summed E-state index contributed by atoms with van der Waals surface area (Å²) in [5.41, 5.74) is 1.73. The Morgan fingerprint density at radius 1 is 1.15 bits per heavy atom. The van der Waals surface area contributed by atoms with Gasteiger partial charge in [0.05, 0.1) is 25.4 Å². The molecule has 0 amide bonds. The summed E-state index contributed by atoms with van der Waals surface area (Å²) in [6.45, 7) is 6.01. The van der Waals surface area contributed by atoms with Crippen LogP contribution in [0.5, 0.6) is 0 Å². The first-order valence-electron chi connectivity index (χ1n) is 10.5. The Balaban J connectivity index is 1.52. The maximum Gasteiger partial charge on any atom is 0.185 e. The van der Waals surface area contributed by atoms with Crippen LogP contribution in [0.4, 0.5) is 0 Å². The quantitative estimate of drug-likeness (QED) is 0.670. The maximum absolute atomic E-state index is 10.1. The molecule has 0 aromatic rings. The Bertz CT molecular complexity index is 675. The molecule has 1 saturated heterocycles. The van der Waals surface area contributed by atoms with Gasteiger partial charge in [0.25, 0.3) is 0 Å². The molecule has 0 aromatic carbocycles. The molecule has 4 aliphatic carbocycles. The molecule has 1 aliphatic heterocycles. The molecule has 5 aliphatic rings. The monoisotopic (exact) mass is 357 g/mol. The number of aliphatic hydroxyl groups is 1. The van der Waals surface area contributed by atoms with E-state index in [1.54, 1.807) is 0 Å². The highest BCUT2D eigenvalue weighted by Crippen LogP contribution is 2.68. The summed E-state index contributed by atoms with van der Waals surface area (Å²) in [4.78, 5) is 0. The number of allylic oxidation sites excluding steroid dienone is 1. The molecule has 5 rings (SSSR count). The van der Waals surface area contributed by atoms with Crippen LogP contribution in [0.2, 0.25) is 0 Å². The van der Waals surface area contributed by atoms with Crippen molar-refractivity contribution in [3.05, 3.63) is 11.6 Å². The van der Waals surface area contributed by atoms with Gasteiger partial charge in [-0.25, -0.2) is 0 Å². The summed E-state index contributed by atoms with van der Waals surface area (Å²) >= 11 is 0. The minimum Gasteiger partial charge on any atom is -0.393 e. The minimum absolute atomic E-state index is 0.00383. The van der Waals surface area contributed by atoms with Crippen molar-refractivity contribution in [2.45, 2.75) is 70.7 Å². The van der Waals surface area contributed by atoms with Crippen molar-refractivity contribution in [3.63, 3.8) is 0 Å². The van der Waals surface area contributed by atoms with Gasteiger partial charge in [0.2, 0.25) is 0 Å². The lowest BCUT2D eigenvalue weighted by atomic mass is 9.47. The van der Waals surface area contributed by atoms with Crippen molar-refractivity contribution in [2.75, 3.05) is 13.2 Å². The van der Waals surface area contributed by atoms with E-state index < -0.39 is 5.79 Å². The lowest BCUT2D eigenvalue weighted by Gasteiger charge is -2.57. The molecule has 1 spiro atoms. The predicted molar refractivity (Wildman–Crippen MR) is 96.8 cm³/mol. The topological polar surface area (TPSA) is 62.5 Å². The number of aliphatic hydroxyl groups excluding tert-OH is 1. The third-order valence-electron chi connectivity index (χ3n) is 9.02. The maximum atomic E-state index is 10.1. The molecule has 26 heavy (non-hydrogen) atoms. The van der Waals surface area contributed by atoms with Gasteiger partial charge in [-0.3, -0.25) is 0 Å². The van der Waals surface area contributed by atoms with Gasteiger partial charge in [-0.2, -0.15) is 5.26 Å². The number of nitrogens with zero attached hydrogens (tertiary/aromatic N) is 1. The molecule has 3 saturated carbocycles. The highest BCUT2D eigenvalue weighted by Gasteiger charge is 2.68. The molecule has 0 aromatic heterocycles. The fraction of sp³-hybridized carbons (Fsp3) is 0.864. The number of nitriles is 1. The first kappa shape index (κ1) is 17.2. The summed E-state index contributed by atoms with van der Waals surface area (Å²) in [5.74, 6) is 0.960. The van der Waals surface area contributed by atoms with Gasteiger partial charge in [0, 0.05) is 6.42 Å². The van der Waals surface area contributed by atoms with Crippen molar-refractivity contribution in [1.82, 2.24) is 0 Å². The first-order valence-corrected chi connectivity index (χ1v) is 10.5. The predicted octanol–water partition coefficient (Wildman–Crippen LogP) is 3.80. The number of ether oxygens (including phenoxy) is 2. The Hall–Kier alpha value is -0.890. The van der Waals surface area contributed by atoms with E-state index in [0.29, 0.717) is 31.0 Å². The Morgan fingerprint density at radius 3 is 2.65 bits per heavy atom. The SMILES string of the molecule is C[C@]12CCC3C(CC=C4C[C@@H](O)CC[C@@]43C)C1CC1(OCCO1)C2C#N. The summed E-state index contributed by atoms with van der Waals surface area (Å²) in [6, 6.07) is 2.61. The number of rotatable bonds is 0. The highest BCUT2D eigenvalue weighted by molar-refractivity contribution is 5.27. The van der Waals surface area contributed by atoms with Crippen molar-refractivity contribution in [3.8, 4) is 6.07 Å². The first-order chi connectivity index (χ1) is 12.4. The van der Waals surface area contributed by atoms with Crippen molar-refractivity contribution >= 4 is 0 Å². The highest BCUT2D eigenvalue weighted by atomic mass is 16.7. The van der Waals surface area contributed by atoms with Crippen molar-refractivity contribution in [2.24, 2.45) is 34.5 Å². The molecule has 142 valence electrons. The van der Waals surface area contributed by atoms with E-state index in [-0.39, 0.29) is 22.9 Å². The van der Waals surface area contributed by atoms with Gasteiger partial charge in [0.1, 0.15) is 5.92 Å². The molecule has 4 heteroatoms. The Morgan fingerprint density at radius 2 is 1.92 bits per heavy atom. The van der Waals surface area contributed by atoms with E-state index in [1.165, 1.54) is 12.0 Å². The summed E-state index contributed by atoms with van der Waals surface area (Å²) in [7, 11) is 0. The van der Waals surface area contributed by atoms with Crippen LogP contribution in [0.15, 0.2) is 11.6 Å².